The minimum absolute atomic E-state index is 0.400. The molecule has 0 atom stereocenters. The van der Waals surface area contributed by atoms with Gasteiger partial charge < -0.3 is 9.88 Å². The number of para-hydroxylation sites is 1. The van der Waals surface area contributed by atoms with E-state index in [0.717, 1.165) is 40.0 Å². The summed E-state index contributed by atoms with van der Waals surface area (Å²) in [6, 6.07) is 5.63. The second-order valence-corrected chi connectivity index (χ2v) is 7.97. The van der Waals surface area contributed by atoms with E-state index in [4.69, 9.17) is 0 Å². The highest BCUT2D eigenvalue weighted by molar-refractivity contribution is 9.10. The van der Waals surface area contributed by atoms with E-state index in [1.54, 1.807) is 0 Å². The van der Waals surface area contributed by atoms with Gasteiger partial charge in [-0.25, -0.2) is 8.42 Å². The summed E-state index contributed by atoms with van der Waals surface area (Å²) in [6.07, 6.45) is 1.26. The third-order valence-corrected chi connectivity index (χ3v) is 5.55. The van der Waals surface area contributed by atoms with Crippen LogP contribution in [0, 0.1) is 6.92 Å². The maximum absolute atomic E-state index is 12.2. The summed E-state index contributed by atoms with van der Waals surface area (Å²) in [5.41, 5.74) is 1.64. The van der Waals surface area contributed by atoms with Crippen molar-refractivity contribution in [2.45, 2.75) is 18.4 Å². The van der Waals surface area contributed by atoms with Gasteiger partial charge in [0.1, 0.15) is 5.84 Å². The average molecular weight is 370 g/mol. The lowest BCUT2D eigenvalue weighted by Crippen LogP contribution is -2.24. The number of sulfone groups is 1. The molecular formula is C14H16BrN3O2S. The third kappa shape index (κ3) is 2.48. The lowest BCUT2D eigenvalue weighted by molar-refractivity contribution is 0.601. The molecule has 0 unspecified atom stereocenters. The van der Waals surface area contributed by atoms with Gasteiger partial charge in [-0.2, -0.15) is 0 Å². The summed E-state index contributed by atoms with van der Waals surface area (Å²) < 4.78 is 27.2. The van der Waals surface area contributed by atoms with Gasteiger partial charge in [-0.15, -0.1) is 0 Å². The number of nitrogens with zero attached hydrogens (tertiary/aromatic N) is 2. The van der Waals surface area contributed by atoms with E-state index >= 15 is 0 Å². The Bertz CT molecular complexity index is 853. The number of hydrogen-bond acceptors (Lipinski definition) is 4. The maximum atomic E-state index is 12.2. The molecule has 0 amide bonds. The van der Waals surface area contributed by atoms with Crippen LogP contribution in [0.2, 0.25) is 0 Å². The Morgan fingerprint density at radius 3 is 2.81 bits per heavy atom. The summed E-state index contributed by atoms with van der Waals surface area (Å²) in [5, 5.41) is 3.98. The molecule has 1 aromatic heterocycles. The minimum atomic E-state index is -3.29. The second kappa shape index (κ2) is 5.14. The van der Waals surface area contributed by atoms with Gasteiger partial charge in [-0.1, -0.05) is 12.1 Å². The van der Waals surface area contributed by atoms with Crippen LogP contribution < -0.4 is 5.32 Å². The highest BCUT2D eigenvalue weighted by Crippen LogP contribution is 2.34. The first-order valence-electron chi connectivity index (χ1n) is 6.64. The summed E-state index contributed by atoms with van der Waals surface area (Å²) >= 11 is 3.54. The lowest BCUT2D eigenvalue weighted by Gasteiger charge is -2.10. The van der Waals surface area contributed by atoms with Crippen molar-refractivity contribution in [1.29, 1.82) is 0 Å². The van der Waals surface area contributed by atoms with Crippen molar-refractivity contribution in [3.63, 3.8) is 0 Å². The van der Waals surface area contributed by atoms with Crippen molar-refractivity contribution < 1.29 is 8.42 Å². The molecule has 1 aliphatic heterocycles. The summed E-state index contributed by atoms with van der Waals surface area (Å²) in [6.45, 7) is 4.01. The molecule has 1 aliphatic rings. The molecule has 0 saturated heterocycles. The summed E-state index contributed by atoms with van der Waals surface area (Å²) in [5.74, 6) is 0.894. The third-order valence-electron chi connectivity index (χ3n) is 3.66. The number of hydrogen-bond donors (Lipinski definition) is 1. The molecule has 0 fully saturated rings. The topological polar surface area (TPSA) is 63.5 Å². The van der Waals surface area contributed by atoms with Crippen LogP contribution in [-0.2, 0) is 16.4 Å². The van der Waals surface area contributed by atoms with Crippen molar-refractivity contribution >= 4 is 42.5 Å². The number of nitrogens with one attached hydrogen (secondary N) is 1. The van der Waals surface area contributed by atoms with E-state index in [0.29, 0.717) is 11.4 Å². The molecule has 0 radical (unpaired) electrons. The van der Waals surface area contributed by atoms with Crippen LogP contribution in [0.1, 0.15) is 5.69 Å². The van der Waals surface area contributed by atoms with E-state index in [9.17, 15) is 8.42 Å². The van der Waals surface area contributed by atoms with Crippen LogP contribution in [0.5, 0.6) is 0 Å². The Labute approximate surface area is 132 Å². The fraction of sp³-hybridized carbons (Fsp3) is 0.357. The van der Waals surface area contributed by atoms with Crippen molar-refractivity contribution in [2.75, 3.05) is 19.3 Å². The number of benzene rings is 1. The predicted molar refractivity (Wildman–Crippen MR) is 87.8 cm³/mol. The number of aromatic nitrogens is 1. The first kappa shape index (κ1) is 14.6. The van der Waals surface area contributed by atoms with Crippen molar-refractivity contribution in [3.05, 3.63) is 28.4 Å². The molecule has 1 N–H and O–H groups in total. The van der Waals surface area contributed by atoms with Gasteiger partial charge in [0.05, 0.1) is 23.5 Å². The van der Waals surface area contributed by atoms with Crippen LogP contribution in [-0.4, -0.2) is 38.2 Å². The largest absolute Gasteiger partial charge is 0.370 e. The zero-order valence-corrected chi connectivity index (χ0v) is 14.3. The molecule has 0 saturated carbocycles. The Hall–Kier alpha value is -1.34. The van der Waals surface area contributed by atoms with Gasteiger partial charge in [0.15, 0.2) is 9.84 Å². The highest BCUT2D eigenvalue weighted by Gasteiger charge is 2.23. The van der Waals surface area contributed by atoms with Crippen molar-refractivity contribution in [3.8, 4) is 0 Å². The molecule has 0 bridgehead atoms. The van der Waals surface area contributed by atoms with Gasteiger partial charge in [0.2, 0.25) is 0 Å². The Morgan fingerprint density at radius 2 is 2.19 bits per heavy atom. The zero-order chi connectivity index (χ0) is 15.2. The van der Waals surface area contributed by atoms with Crippen LogP contribution in [0.15, 0.2) is 32.6 Å². The molecule has 2 aromatic rings. The molecule has 3 rings (SSSR count). The molecule has 21 heavy (non-hydrogen) atoms. The van der Waals surface area contributed by atoms with Gasteiger partial charge in [-0.3, -0.25) is 4.99 Å². The molecule has 7 heteroatoms. The van der Waals surface area contributed by atoms with E-state index in [-0.39, 0.29) is 0 Å². The Kier molecular flexibility index (Phi) is 3.57. The minimum Gasteiger partial charge on any atom is -0.370 e. The predicted octanol–water partition coefficient (Wildman–Crippen LogP) is 2.12. The average Bonchev–Trinajstić information content (AvgIpc) is 2.97. The number of aliphatic imine (C=N–C) groups is 1. The molecule has 0 aliphatic carbocycles. The Balaban J connectivity index is 2.30. The monoisotopic (exact) mass is 369 g/mol. The van der Waals surface area contributed by atoms with E-state index in [1.807, 2.05) is 29.7 Å². The number of halogens is 1. The van der Waals surface area contributed by atoms with Crippen molar-refractivity contribution in [1.82, 2.24) is 9.88 Å². The van der Waals surface area contributed by atoms with E-state index < -0.39 is 9.84 Å². The van der Waals surface area contributed by atoms with E-state index in [2.05, 4.69) is 26.2 Å². The fourth-order valence-electron chi connectivity index (χ4n) is 2.83. The van der Waals surface area contributed by atoms with Gasteiger partial charge >= 0.3 is 0 Å². The second-order valence-electron chi connectivity index (χ2n) is 5.16. The quantitative estimate of drug-likeness (QED) is 0.900. The molecule has 112 valence electrons. The maximum Gasteiger partial charge on any atom is 0.177 e. The fourth-order valence-corrected chi connectivity index (χ4v) is 4.62. The highest BCUT2D eigenvalue weighted by atomic mass is 79.9. The molecule has 2 heterocycles. The molecular weight excluding hydrogens is 354 g/mol. The lowest BCUT2D eigenvalue weighted by atomic mass is 10.2. The molecule has 5 nitrogen and oxygen atoms in total. The normalized spacial score (nSPS) is 15.3. The Morgan fingerprint density at radius 1 is 1.43 bits per heavy atom. The summed E-state index contributed by atoms with van der Waals surface area (Å²) in [4.78, 5) is 4.80. The standard InChI is InChI=1S/C14H16BrN3O2S/c1-9-14(21(2,19)20)10-4-3-5-11(15)13(10)18(9)8-12-16-6-7-17-12/h3-5H,6-8H2,1-2H3,(H,16,17). The summed E-state index contributed by atoms with van der Waals surface area (Å²) in [7, 11) is -3.29. The molecule has 1 aromatic carbocycles. The van der Waals surface area contributed by atoms with Gasteiger partial charge in [0.25, 0.3) is 0 Å². The SMILES string of the molecule is Cc1c(S(C)(=O)=O)c2cccc(Br)c2n1CC1=NCCN1. The van der Waals surface area contributed by atoms with Crippen molar-refractivity contribution in [2.24, 2.45) is 4.99 Å². The van der Waals surface area contributed by atoms with Crippen LogP contribution in [0.3, 0.4) is 0 Å². The first-order chi connectivity index (χ1) is 9.89. The zero-order valence-electron chi connectivity index (χ0n) is 11.9. The van der Waals surface area contributed by atoms with Gasteiger partial charge in [-0.05, 0) is 28.9 Å². The first-order valence-corrected chi connectivity index (χ1v) is 9.32. The number of fused-ring (bicyclic) bond motifs is 1. The number of rotatable bonds is 3. The van der Waals surface area contributed by atoms with Crippen LogP contribution in [0.4, 0.5) is 0 Å². The van der Waals surface area contributed by atoms with Crippen LogP contribution in [0.25, 0.3) is 10.9 Å². The van der Waals surface area contributed by atoms with Crippen LogP contribution >= 0.6 is 15.9 Å². The van der Waals surface area contributed by atoms with Gasteiger partial charge in [0, 0.05) is 28.4 Å². The number of amidine groups is 1. The molecule has 0 spiro atoms. The smallest absolute Gasteiger partial charge is 0.177 e. The van der Waals surface area contributed by atoms with E-state index in [1.165, 1.54) is 6.26 Å².